The summed E-state index contributed by atoms with van der Waals surface area (Å²) in [7, 11) is 0. The van der Waals surface area contributed by atoms with Gasteiger partial charge < -0.3 is 10.6 Å². The summed E-state index contributed by atoms with van der Waals surface area (Å²) >= 11 is 3.27. The van der Waals surface area contributed by atoms with E-state index in [1.54, 1.807) is 17.4 Å². The molecule has 0 spiro atoms. The fourth-order valence-electron chi connectivity index (χ4n) is 3.59. The molecule has 0 radical (unpaired) electrons. The molecule has 5 nitrogen and oxygen atoms in total. The van der Waals surface area contributed by atoms with Crippen LogP contribution in [0.5, 0.6) is 0 Å². The lowest BCUT2D eigenvalue weighted by molar-refractivity contribution is -0.115. The van der Waals surface area contributed by atoms with Crippen LogP contribution in [-0.2, 0) is 4.79 Å². The molecular formula is C20H23N3O2S2. The largest absolute Gasteiger partial charge is 0.350 e. The molecule has 3 heterocycles. The van der Waals surface area contributed by atoms with Gasteiger partial charge in [-0.2, -0.15) is 0 Å². The highest BCUT2D eigenvalue weighted by Crippen LogP contribution is 2.36. The van der Waals surface area contributed by atoms with Crippen molar-refractivity contribution in [3.63, 3.8) is 0 Å². The predicted molar refractivity (Wildman–Crippen MR) is 111 cm³/mol. The third-order valence-electron chi connectivity index (χ3n) is 5.08. The number of hydrogen-bond donors (Lipinski definition) is 2. The quantitative estimate of drug-likeness (QED) is 0.801. The number of nitrogens with zero attached hydrogens (tertiary/aromatic N) is 1. The number of amides is 2. The Morgan fingerprint density at radius 3 is 2.89 bits per heavy atom. The highest BCUT2D eigenvalue weighted by Gasteiger charge is 2.26. The van der Waals surface area contributed by atoms with Crippen LogP contribution < -0.4 is 10.6 Å². The molecule has 0 unspecified atom stereocenters. The van der Waals surface area contributed by atoms with E-state index in [1.165, 1.54) is 29.5 Å². The molecule has 2 N–H and O–H groups in total. The van der Waals surface area contributed by atoms with Gasteiger partial charge >= 0.3 is 0 Å². The summed E-state index contributed by atoms with van der Waals surface area (Å²) in [6.07, 6.45) is 2.44. The van der Waals surface area contributed by atoms with Crippen molar-refractivity contribution in [1.29, 1.82) is 0 Å². The second-order valence-corrected chi connectivity index (χ2v) is 9.31. The Morgan fingerprint density at radius 2 is 2.15 bits per heavy atom. The average molecular weight is 402 g/mol. The molecule has 1 saturated heterocycles. The first kappa shape index (κ1) is 18.5. The van der Waals surface area contributed by atoms with Crippen molar-refractivity contribution in [2.75, 3.05) is 25.0 Å². The summed E-state index contributed by atoms with van der Waals surface area (Å²) in [6.45, 7) is 4.64. The molecule has 1 fully saturated rings. The van der Waals surface area contributed by atoms with Gasteiger partial charge in [0.15, 0.2) is 0 Å². The predicted octanol–water partition coefficient (Wildman–Crippen LogP) is 3.75. The van der Waals surface area contributed by atoms with E-state index >= 15 is 0 Å². The van der Waals surface area contributed by atoms with Gasteiger partial charge in [-0.25, -0.2) is 0 Å². The standard InChI is InChI=1S/C20H23N3O2S2/c1-13-19(24)22-15-11-14(6-7-17(15)27-13)20(25)21-12-16(18-5-4-10-26-18)23-8-2-3-9-23/h4-7,10-11,13,16H,2-3,8-9,12H2,1H3,(H,21,25)(H,22,24)/t13-,16-/m1/s1. The molecule has 2 aromatic rings. The Labute approximate surface area is 167 Å². The molecule has 1 aromatic heterocycles. The first-order valence-corrected chi connectivity index (χ1v) is 11.0. The van der Waals surface area contributed by atoms with Crippen molar-refractivity contribution in [3.8, 4) is 0 Å². The van der Waals surface area contributed by atoms with Crippen molar-refractivity contribution in [1.82, 2.24) is 10.2 Å². The molecule has 2 aliphatic heterocycles. The number of carbonyl (C=O) groups excluding carboxylic acids is 2. The van der Waals surface area contributed by atoms with E-state index in [9.17, 15) is 9.59 Å². The number of fused-ring (bicyclic) bond motifs is 1. The third kappa shape index (κ3) is 4.05. The maximum Gasteiger partial charge on any atom is 0.251 e. The zero-order chi connectivity index (χ0) is 18.8. The first-order valence-electron chi connectivity index (χ1n) is 9.29. The fourth-order valence-corrected chi connectivity index (χ4v) is 5.38. The van der Waals surface area contributed by atoms with Crippen molar-refractivity contribution >= 4 is 40.6 Å². The van der Waals surface area contributed by atoms with E-state index in [0.29, 0.717) is 12.1 Å². The van der Waals surface area contributed by atoms with E-state index in [4.69, 9.17) is 0 Å². The maximum absolute atomic E-state index is 12.7. The number of thioether (sulfide) groups is 1. The topological polar surface area (TPSA) is 61.4 Å². The monoisotopic (exact) mass is 401 g/mol. The van der Waals surface area contributed by atoms with Crippen LogP contribution in [0.15, 0.2) is 40.6 Å². The van der Waals surface area contributed by atoms with E-state index < -0.39 is 0 Å². The number of carbonyl (C=O) groups is 2. The van der Waals surface area contributed by atoms with Gasteiger partial charge in [0.1, 0.15) is 0 Å². The number of nitrogens with one attached hydrogen (secondary N) is 2. The van der Waals surface area contributed by atoms with E-state index in [0.717, 1.165) is 23.7 Å². The molecule has 27 heavy (non-hydrogen) atoms. The van der Waals surface area contributed by atoms with Gasteiger partial charge in [0.25, 0.3) is 5.91 Å². The summed E-state index contributed by atoms with van der Waals surface area (Å²) in [5.41, 5.74) is 1.31. The molecule has 2 aliphatic rings. The normalized spacial score (nSPS) is 20.8. The molecular weight excluding hydrogens is 378 g/mol. The zero-order valence-corrected chi connectivity index (χ0v) is 16.9. The Hall–Kier alpha value is -1.83. The van der Waals surface area contributed by atoms with Crippen LogP contribution in [0.1, 0.15) is 41.0 Å². The minimum atomic E-state index is -0.107. The van der Waals surface area contributed by atoms with Gasteiger partial charge in [0, 0.05) is 21.9 Å². The number of thiophene rings is 1. The molecule has 0 saturated carbocycles. The number of anilines is 1. The van der Waals surface area contributed by atoms with Crippen LogP contribution in [0.25, 0.3) is 0 Å². The molecule has 0 aliphatic carbocycles. The Bertz CT molecular complexity index is 832. The smallest absolute Gasteiger partial charge is 0.251 e. The minimum Gasteiger partial charge on any atom is -0.350 e. The van der Waals surface area contributed by atoms with Crippen LogP contribution in [0, 0.1) is 0 Å². The lowest BCUT2D eigenvalue weighted by Gasteiger charge is -2.27. The van der Waals surface area contributed by atoms with Gasteiger partial charge in [-0.05, 0) is 62.5 Å². The summed E-state index contributed by atoms with van der Waals surface area (Å²) in [6, 6.07) is 9.97. The first-order chi connectivity index (χ1) is 13.1. The van der Waals surface area contributed by atoms with Crippen LogP contribution in [0.4, 0.5) is 5.69 Å². The SMILES string of the molecule is C[C@H]1Sc2ccc(C(=O)NC[C@H](c3cccs3)N3CCCC3)cc2NC1=O. The average Bonchev–Trinajstić information content (AvgIpc) is 3.37. The minimum absolute atomic E-state index is 0.0168. The summed E-state index contributed by atoms with van der Waals surface area (Å²) < 4.78 is 0. The van der Waals surface area contributed by atoms with Gasteiger partial charge in [0.2, 0.25) is 5.91 Å². The third-order valence-corrected chi connectivity index (χ3v) is 7.23. The van der Waals surface area contributed by atoms with Gasteiger partial charge in [0.05, 0.1) is 17.0 Å². The molecule has 2 amide bonds. The fraction of sp³-hybridized carbons (Fsp3) is 0.400. The second-order valence-electron chi connectivity index (χ2n) is 6.94. The van der Waals surface area contributed by atoms with Gasteiger partial charge in [-0.1, -0.05) is 6.07 Å². The molecule has 0 bridgehead atoms. The Kier molecular flexibility index (Phi) is 5.52. The maximum atomic E-state index is 12.7. The summed E-state index contributed by atoms with van der Waals surface area (Å²) in [5.74, 6) is -0.117. The Morgan fingerprint density at radius 1 is 1.33 bits per heavy atom. The molecule has 7 heteroatoms. The second kappa shape index (κ2) is 8.04. The van der Waals surface area contributed by atoms with Gasteiger partial charge in [-0.15, -0.1) is 23.1 Å². The highest BCUT2D eigenvalue weighted by molar-refractivity contribution is 8.00. The van der Waals surface area contributed by atoms with E-state index in [2.05, 4.69) is 33.0 Å². The molecule has 2 atom stereocenters. The zero-order valence-electron chi connectivity index (χ0n) is 15.2. The summed E-state index contributed by atoms with van der Waals surface area (Å²) in [4.78, 5) is 29.4. The molecule has 1 aromatic carbocycles. The van der Waals surface area contributed by atoms with Gasteiger partial charge in [-0.3, -0.25) is 14.5 Å². The van der Waals surface area contributed by atoms with Crippen molar-refractivity contribution in [2.45, 2.75) is 36.0 Å². The molecule has 4 rings (SSSR count). The van der Waals surface area contributed by atoms with E-state index in [1.807, 2.05) is 19.1 Å². The highest BCUT2D eigenvalue weighted by atomic mass is 32.2. The Balaban J connectivity index is 1.45. The molecule has 142 valence electrons. The van der Waals surface area contributed by atoms with Crippen molar-refractivity contribution in [3.05, 3.63) is 46.2 Å². The lowest BCUT2D eigenvalue weighted by Crippen LogP contribution is -2.36. The number of rotatable bonds is 5. The van der Waals surface area contributed by atoms with Crippen molar-refractivity contribution < 1.29 is 9.59 Å². The van der Waals surface area contributed by atoms with Crippen LogP contribution >= 0.6 is 23.1 Å². The van der Waals surface area contributed by atoms with Crippen LogP contribution in [0.2, 0.25) is 0 Å². The van der Waals surface area contributed by atoms with Crippen LogP contribution in [0.3, 0.4) is 0 Å². The number of likely N-dealkylation sites (tertiary alicyclic amines) is 1. The summed E-state index contributed by atoms with van der Waals surface area (Å²) in [5, 5.41) is 7.97. The lowest BCUT2D eigenvalue weighted by atomic mass is 10.1. The van der Waals surface area contributed by atoms with Crippen LogP contribution in [-0.4, -0.2) is 41.6 Å². The van der Waals surface area contributed by atoms with E-state index in [-0.39, 0.29) is 23.1 Å². The number of benzene rings is 1. The number of hydrogen-bond acceptors (Lipinski definition) is 5. The van der Waals surface area contributed by atoms with Crippen molar-refractivity contribution in [2.24, 2.45) is 0 Å².